The lowest BCUT2D eigenvalue weighted by Gasteiger charge is -2.26. The third-order valence-electron chi connectivity index (χ3n) is 1.59. The lowest BCUT2D eigenvalue weighted by molar-refractivity contribution is -0.0810. The van der Waals surface area contributed by atoms with Crippen molar-refractivity contribution in [1.29, 1.82) is 0 Å². The van der Waals surface area contributed by atoms with E-state index >= 15 is 0 Å². The molecule has 1 aliphatic heterocycles. The van der Waals surface area contributed by atoms with E-state index in [0.717, 1.165) is 0 Å². The normalized spacial score (nSPS) is 17.0. The third kappa shape index (κ3) is 1.31. The predicted octanol–water partition coefficient (Wildman–Crippen LogP) is -0.164. The third-order valence-corrected chi connectivity index (χ3v) is 1.59. The molecule has 0 aromatic carbocycles. The number of nitrogen functional groups attached to an aromatic ring is 1. The molecule has 64 valence electrons. The van der Waals surface area contributed by atoms with E-state index in [9.17, 15) is 0 Å². The van der Waals surface area contributed by atoms with E-state index < -0.39 is 0 Å². The average molecular weight is 167 g/mol. The molecule has 1 saturated heterocycles. The van der Waals surface area contributed by atoms with Crippen molar-refractivity contribution in [3.05, 3.63) is 12.5 Å². The Morgan fingerprint density at radius 2 is 2.42 bits per heavy atom. The summed E-state index contributed by atoms with van der Waals surface area (Å²) in [6, 6.07) is 0. The lowest BCUT2D eigenvalue weighted by atomic mass is 10.3. The Kier molecular flexibility index (Phi) is 1.79. The van der Waals surface area contributed by atoms with Crippen molar-refractivity contribution < 1.29 is 9.47 Å². The zero-order valence-corrected chi connectivity index (χ0v) is 6.43. The first-order valence-electron chi connectivity index (χ1n) is 3.66. The summed E-state index contributed by atoms with van der Waals surface area (Å²) < 4.78 is 10.3. The predicted molar refractivity (Wildman–Crippen MR) is 41.7 cm³/mol. The average Bonchev–Trinajstić information content (AvgIpc) is 2.00. The minimum Gasteiger partial charge on any atom is -0.468 e. The van der Waals surface area contributed by atoms with Gasteiger partial charge in [0, 0.05) is 0 Å². The molecule has 1 fully saturated rings. The van der Waals surface area contributed by atoms with Crippen molar-refractivity contribution >= 4 is 5.69 Å². The summed E-state index contributed by atoms with van der Waals surface area (Å²) in [5, 5.41) is 0. The minimum absolute atomic E-state index is 0.0993. The Hall–Kier alpha value is -1.36. The smallest absolute Gasteiger partial charge is 0.240 e. The molecule has 0 saturated carbocycles. The highest BCUT2D eigenvalue weighted by Gasteiger charge is 2.21. The van der Waals surface area contributed by atoms with E-state index in [4.69, 9.17) is 15.2 Å². The minimum atomic E-state index is 0.0993. The van der Waals surface area contributed by atoms with Crippen LogP contribution in [0.15, 0.2) is 12.5 Å². The zero-order chi connectivity index (χ0) is 8.39. The first kappa shape index (κ1) is 7.30. The molecule has 2 heterocycles. The molecule has 0 unspecified atom stereocenters. The van der Waals surface area contributed by atoms with Crippen molar-refractivity contribution in [2.45, 2.75) is 6.10 Å². The van der Waals surface area contributed by atoms with Gasteiger partial charge < -0.3 is 15.2 Å². The van der Waals surface area contributed by atoms with Gasteiger partial charge in [0.15, 0.2) is 0 Å². The van der Waals surface area contributed by atoms with E-state index in [1.165, 1.54) is 12.5 Å². The van der Waals surface area contributed by atoms with Crippen molar-refractivity contribution in [2.24, 2.45) is 0 Å². The number of ether oxygens (including phenoxy) is 2. The number of nitrogens with two attached hydrogens (primary N) is 1. The van der Waals surface area contributed by atoms with E-state index in [-0.39, 0.29) is 6.10 Å². The number of hydrogen-bond donors (Lipinski definition) is 1. The van der Waals surface area contributed by atoms with Gasteiger partial charge in [-0.1, -0.05) is 0 Å². The van der Waals surface area contributed by atoms with Crippen molar-refractivity contribution in [2.75, 3.05) is 18.9 Å². The Labute approximate surface area is 69.5 Å². The first-order chi connectivity index (χ1) is 5.86. The van der Waals surface area contributed by atoms with Crippen LogP contribution in [-0.2, 0) is 4.74 Å². The van der Waals surface area contributed by atoms with Crippen LogP contribution in [0.3, 0.4) is 0 Å². The fraction of sp³-hybridized carbons (Fsp3) is 0.429. The van der Waals surface area contributed by atoms with Gasteiger partial charge in [0.2, 0.25) is 5.88 Å². The highest BCUT2D eigenvalue weighted by molar-refractivity contribution is 5.44. The Balaban J connectivity index is 2.06. The second kappa shape index (κ2) is 2.94. The molecule has 2 N–H and O–H groups in total. The molecule has 1 aliphatic rings. The monoisotopic (exact) mass is 167 g/mol. The van der Waals surface area contributed by atoms with E-state index in [0.29, 0.717) is 24.8 Å². The molecule has 2 rings (SSSR count). The number of rotatable bonds is 2. The molecule has 0 atom stereocenters. The number of nitrogens with zero attached hydrogens (tertiary/aromatic N) is 2. The fourth-order valence-corrected chi connectivity index (χ4v) is 0.868. The summed E-state index contributed by atoms with van der Waals surface area (Å²) in [4.78, 5) is 7.63. The van der Waals surface area contributed by atoms with Gasteiger partial charge in [-0.05, 0) is 0 Å². The maximum atomic E-state index is 5.56. The summed E-state index contributed by atoms with van der Waals surface area (Å²) in [7, 11) is 0. The molecule has 1 aromatic heterocycles. The first-order valence-corrected chi connectivity index (χ1v) is 3.66. The van der Waals surface area contributed by atoms with Crippen LogP contribution >= 0.6 is 0 Å². The lowest BCUT2D eigenvalue weighted by Crippen LogP contribution is -2.38. The molecule has 0 spiro atoms. The zero-order valence-electron chi connectivity index (χ0n) is 6.43. The molecule has 1 aromatic rings. The number of aromatic nitrogens is 2. The highest BCUT2D eigenvalue weighted by Crippen LogP contribution is 2.18. The van der Waals surface area contributed by atoms with Crippen molar-refractivity contribution in [1.82, 2.24) is 9.97 Å². The molecule has 0 amide bonds. The molecule has 5 nitrogen and oxygen atoms in total. The highest BCUT2D eigenvalue weighted by atomic mass is 16.6. The van der Waals surface area contributed by atoms with Gasteiger partial charge in [-0.2, -0.15) is 4.98 Å². The summed E-state index contributed by atoms with van der Waals surface area (Å²) in [6.45, 7) is 1.23. The molecular weight excluding hydrogens is 158 g/mol. The van der Waals surface area contributed by atoms with E-state index in [1.807, 2.05) is 0 Å². The largest absolute Gasteiger partial charge is 0.468 e. The number of anilines is 1. The van der Waals surface area contributed by atoms with Gasteiger partial charge in [0.25, 0.3) is 0 Å². The van der Waals surface area contributed by atoms with Gasteiger partial charge in [0.05, 0.1) is 19.4 Å². The van der Waals surface area contributed by atoms with E-state index in [1.54, 1.807) is 0 Å². The fourth-order valence-electron chi connectivity index (χ4n) is 0.868. The molecule has 0 radical (unpaired) electrons. The summed E-state index contributed by atoms with van der Waals surface area (Å²) in [5.74, 6) is 0.443. The van der Waals surface area contributed by atoms with Gasteiger partial charge >= 0.3 is 0 Å². The van der Waals surface area contributed by atoms with Crippen molar-refractivity contribution in [3.63, 3.8) is 0 Å². The topological polar surface area (TPSA) is 70.3 Å². The summed E-state index contributed by atoms with van der Waals surface area (Å²) in [6.07, 6.45) is 3.02. The van der Waals surface area contributed by atoms with Crippen LogP contribution in [0.25, 0.3) is 0 Å². The second-order valence-corrected chi connectivity index (χ2v) is 2.56. The van der Waals surface area contributed by atoms with Crippen LogP contribution in [-0.4, -0.2) is 29.3 Å². The van der Waals surface area contributed by atoms with Crippen LogP contribution in [0.1, 0.15) is 0 Å². The second-order valence-electron chi connectivity index (χ2n) is 2.56. The SMILES string of the molecule is Nc1cncnc1OC1COC1. The van der Waals surface area contributed by atoms with Crippen LogP contribution in [0, 0.1) is 0 Å². The molecular formula is C7H9N3O2. The van der Waals surface area contributed by atoms with Crippen LogP contribution in [0.4, 0.5) is 5.69 Å². The maximum Gasteiger partial charge on any atom is 0.240 e. The molecule has 0 aliphatic carbocycles. The summed E-state index contributed by atoms with van der Waals surface area (Å²) >= 11 is 0. The van der Waals surface area contributed by atoms with Crippen molar-refractivity contribution in [3.8, 4) is 5.88 Å². The standard InChI is InChI=1S/C7H9N3O2/c8-6-1-9-4-10-7(6)12-5-2-11-3-5/h1,4-5H,2-3,8H2. The van der Waals surface area contributed by atoms with E-state index in [2.05, 4.69) is 9.97 Å². The quantitative estimate of drug-likeness (QED) is 0.662. The van der Waals surface area contributed by atoms with Gasteiger partial charge in [-0.15, -0.1) is 0 Å². The van der Waals surface area contributed by atoms with Gasteiger partial charge in [0.1, 0.15) is 18.1 Å². The summed E-state index contributed by atoms with van der Waals surface area (Å²) in [5.41, 5.74) is 6.02. The van der Waals surface area contributed by atoms with Crippen LogP contribution in [0.2, 0.25) is 0 Å². The Morgan fingerprint density at radius 3 is 3.00 bits per heavy atom. The van der Waals surface area contributed by atoms with Gasteiger partial charge in [-0.3, -0.25) is 0 Å². The van der Waals surface area contributed by atoms with Crippen LogP contribution in [0.5, 0.6) is 5.88 Å². The Bertz CT molecular complexity index is 275. The molecule has 12 heavy (non-hydrogen) atoms. The maximum absolute atomic E-state index is 5.56. The number of hydrogen-bond acceptors (Lipinski definition) is 5. The molecule has 5 heteroatoms. The van der Waals surface area contributed by atoms with Gasteiger partial charge in [-0.25, -0.2) is 4.98 Å². The Morgan fingerprint density at radius 1 is 1.58 bits per heavy atom. The van der Waals surface area contributed by atoms with Crippen LogP contribution < -0.4 is 10.5 Å². The molecule has 0 bridgehead atoms.